The Morgan fingerprint density at radius 2 is 1.94 bits per heavy atom. The SMILES string of the molecule is CCCOCCC(=O)NCCCOCCN. The van der Waals surface area contributed by atoms with Gasteiger partial charge in [0.1, 0.15) is 0 Å². The van der Waals surface area contributed by atoms with E-state index in [9.17, 15) is 4.79 Å². The van der Waals surface area contributed by atoms with Gasteiger partial charge in [0.25, 0.3) is 0 Å². The third kappa shape index (κ3) is 11.4. The van der Waals surface area contributed by atoms with E-state index >= 15 is 0 Å². The summed E-state index contributed by atoms with van der Waals surface area (Å²) >= 11 is 0. The van der Waals surface area contributed by atoms with Gasteiger partial charge in [-0.05, 0) is 12.8 Å². The monoisotopic (exact) mass is 232 g/mol. The maximum absolute atomic E-state index is 11.2. The highest BCUT2D eigenvalue weighted by Gasteiger charge is 1.99. The highest BCUT2D eigenvalue weighted by atomic mass is 16.5. The van der Waals surface area contributed by atoms with E-state index in [0.29, 0.717) is 39.3 Å². The summed E-state index contributed by atoms with van der Waals surface area (Å²) in [4.78, 5) is 11.2. The second kappa shape index (κ2) is 12.4. The lowest BCUT2D eigenvalue weighted by Crippen LogP contribution is -2.26. The molecule has 0 aliphatic heterocycles. The van der Waals surface area contributed by atoms with Gasteiger partial charge in [0.05, 0.1) is 13.2 Å². The van der Waals surface area contributed by atoms with E-state index in [1.54, 1.807) is 0 Å². The van der Waals surface area contributed by atoms with Crippen LogP contribution < -0.4 is 11.1 Å². The summed E-state index contributed by atoms with van der Waals surface area (Å²) in [6.07, 6.45) is 2.24. The first kappa shape index (κ1) is 15.3. The zero-order valence-corrected chi connectivity index (χ0v) is 10.2. The molecule has 0 bridgehead atoms. The van der Waals surface area contributed by atoms with E-state index in [1.807, 2.05) is 6.92 Å². The maximum Gasteiger partial charge on any atom is 0.222 e. The molecule has 0 aromatic carbocycles. The van der Waals surface area contributed by atoms with E-state index < -0.39 is 0 Å². The molecule has 16 heavy (non-hydrogen) atoms. The van der Waals surface area contributed by atoms with Crippen LogP contribution in [0.3, 0.4) is 0 Å². The minimum absolute atomic E-state index is 0.0370. The van der Waals surface area contributed by atoms with Crippen molar-refractivity contribution in [1.82, 2.24) is 5.32 Å². The van der Waals surface area contributed by atoms with Gasteiger partial charge in [0, 0.05) is 32.7 Å². The van der Waals surface area contributed by atoms with Gasteiger partial charge in [-0.1, -0.05) is 6.92 Å². The maximum atomic E-state index is 11.2. The Morgan fingerprint density at radius 3 is 2.62 bits per heavy atom. The molecule has 96 valence electrons. The van der Waals surface area contributed by atoms with Crippen molar-refractivity contribution in [1.29, 1.82) is 0 Å². The van der Waals surface area contributed by atoms with Crippen LogP contribution in [0.5, 0.6) is 0 Å². The zero-order chi connectivity index (χ0) is 12.1. The molecule has 5 nitrogen and oxygen atoms in total. The fraction of sp³-hybridized carbons (Fsp3) is 0.909. The first-order valence-electron chi connectivity index (χ1n) is 5.93. The standard InChI is InChI=1S/C11H24N2O3/c1-2-7-15-9-4-11(14)13-6-3-8-16-10-5-12/h2-10,12H2,1H3,(H,13,14). The Bertz CT molecular complexity index is 165. The molecule has 1 amide bonds. The molecule has 0 spiro atoms. The van der Waals surface area contributed by atoms with Crippen LogP contribution in [0.1, 0.15) is 26.2 Å². The van der Waals surface area contributed by atoms with Crippen LogP contribution in [0.2, 0.25) is 0 Å². The number of amides is 1. The average Bonchev–Trinajstić information content (AvgIpc) is 2.29. The lowest BCUT2D eigenvalue weighted by molar-refractivity contribution is -0.122. The molecule has 0 aromatic heterocycles. The molecule has 3 N–H and O–H groups in total. The summed E-state index contributed by atoms with van der Waals surface area (Å²) in [5.74, 6) is 0.0370. The summed E-state index contributed by atoms with van der Waals surface area (Å²) in [5.41, 5.74) is 5.26. The van der Waals surface area contributed by atoms with Crippen molar-refractivity contribution in [2.24, 2.45) is 5.73 Å². The molecule has 0 rings (SSSR count). The topological polar surface area (TPSA) is 73.6 Å². The molecular weight excluding hydrogens is 208 g/mol. The smallest absolute Gasteiger partial charge is 0.222 e. The van der Waals surface area contributed by atoms with Gasteiger partial charge in [-0.25, -0.2) is 0 Å². The Morgan fingerprint density at radius 1 is 1.19 bits per heavy atom. The summed E-state index contributed by atoms with van der Waals surface area (Å²) in [6.45, 7) is 5.69. The lowest BCUT2D eigenvalue weighted by atomic mass is 10.4. The number of ether oxygens (including phenoxy) is 2. The van der Waals surface area contributed by atoms with Crippen molar-refractivity contribution in [3.8, 4) is 0 Å². The molecule has 0 fully saturated rings. The van der Waals surface area contributed by atoms with Crippen molar-refractivity contribution in [2.75, 3.05) is 39.5 Å². The molecule has 0 saturated heterocycles. The summed E-state index contributed by atoms with van der Waals surface area (Å²) in [5, 5.41) is 2.81. The Kier molecular flexibility index (Phi) is 11.9. The van der Waals surface area contributed by atoms with Crippen LogP contribution in [0, 0.1) is 0 Å². The van der Waals surface area contributed by atoms with Crippen molar-refractivity contribution in [3.63, 3.8) is 0 Å². The number of nitrogens with one attached hydrogen (secondary N) is 1. The molecule has 0 aliphatic rings. The number of rotatable bonds is 11. The van der Waals surface area contributed by atoms with Gasteiger partial charge in [-0.15, -0.1) is 0 Å². The first-order chi connectivity index (χ1) is 7.81. The fourth-order valence-electron chi connectivity index (χ4n) is 1.09. The molecular formula is C11H24N2O3. The largest absolute Gasteiger partial charge is 0.381 e. The molecule has 0 saturated carbocycles. The molecule has 0 aliphatic carbocycles. The van der Waals surface area contributed by atoms with Gasteiger partial charge in [0.2, 0.25) is 5.91 Å². The van der Waals surface area contributed by atoms with Crippen LogP contribution in [0.15, 0.2) is 0 Å². The van der Waals surface area contributed by atoms with Crippen LogP contribution in [-0.2, 0) is 14.3 Å². The third-order valence-electron chi connectivity index (χ3n) is 1.87. The fourth-order valence-corrected chi connectivity index (χ4v) is 1.09. The van der Waals surface area contributed by atoms with Crippen LogP contribution >= 0.6 is 0 Å². The highest BCUT2D eigenvalue weighted by molar-refractivity contribution is 5.75. The van der Waals surface area contributed by atoms with Gasteiger partial charge in [0.15, 0.2) is 0 Å². The number of carbonyl (C=O) groups is 1. The van der Waals surface area contributed by atoms with Crippen molar-refractivity contribution in [3.05, 3.63) is 0 Å². The van der Waals surface area contributed by atoms with Crippen molar-refractivity contribution in [2.45, 2.75) is 26.2 Å². The zero-order valence-electron chi connectivity index (χ0n) is 10.2. The minimum Gasteiger partial charge on any atom is -0.381 e. The average molecular weight is 232 g/mol. The van der Waals surface area contributed by atoms with Crippen LogP contribution in [0.4, 0.5) is 0 Å². The normalized spacial score (nSPS) is 10.4. The van der Waals surface area contributed by atoms with E-state index in [0.717, 1.165) is 19.4 Å². The summed E-state index contributed by atoms with van der Waals surface area (Å²) in [7, 11) is 0. The Hall–Kier alpha value is -0.650. The van der Waals surface area contributed by atoms with E-state index in [-0.39, 0.29) is 5.91 Å². The molecule has 0 radical (unpaired) electrons. The van der Waals surface area contributed by atoms with Gasteiger partial charge < -0.3 is 20.5 Å². The number of hydrogen-bond donors (Lipinski definition) is 2. The molecule has 0 heterocycles. The second-order valence-electron chi connectivity index (χ2n) is 3.47. The molecule has 0 atom stereocenters. The molecule has 0 aromatic rings. The van der Waals surface area contributed by atoms with Crippen LogP contribution in [-0.4, -0.2) is 45.4 Å². The lowest BCUT2D eigenvalue weighted by Gasteiger charge is -2.06. The van der Waals surface area contributed by atoms with Crippen molar-refractivity contribution >= 4 is 5.91 Å². The summed E-state index contributed by atoms with van der Waals surface area (Å²) in [6, 6.07) is 0. The Labute approximate surface area is 97.7 Å². The number of nitrogens with two attached hydrogens (primary N) is 1. The highest BCUT2D eigenvalue weighted by Crippen LogP contribution is 1.86. The summed E-state index contributed by atoms with van der Waals surface area (Å²) < 4.78 is 10.4. The minimum atomic E-state index is 0.0370. The first-order valence-corrected chi connectivity index (χ1v) is 5.93. The quantitative estimate of drug-likeness (QED) is 0.502. The number of hydrogen-bond acceptors (Lipinski definition) is 4. The van der Waals surface area contributed by atoms with E-state index in [2.05, 4.69) is 5.32 Å². The van der Waals surface area contributed by atoms with Gasteiger partial charge in [-0.3, -0.25) is 4.79 Å². The molecule has 0 unspecified atom stereocenters. The third-order valence-corrected chi connectivity index (χ3v) is 1.87. The predicted molar refractivity (Wildman–Crippen MR) is 63.2 cm³/mol. The van der Waals surface area contributed by atoms with Crippen molar-refractivity contribution < 1.29 is 14.3 Å². The molecule has 5 heteroatoms. The van der Waals surface area contributed by atoms with E-state index in [4.69, 9.17) is 15.2 Å². The van der Waals surface area contributed by atoms with Gasteiger partial charge in [-0.2, -0.15) is 0 Å². The van der Waals surface area contributed by atoms with Crippen LogP contribution in [0.25, 0.3) is 0 Å². The Balaban J connectivity index is 3.11. The predicted octanol–water partition coefficient (Wildman–Crippen LogP) is 0.285. The van der Waals surface area contributed by atoms with E-state index in [1.165, 1.54) is 0 Å². The second-order valence-corrected chi connectivity index (χ2v) is 3.47. The number of carbonyl (C=O) groups excluding carboxylic acids is 1. The van der Waals surface area contributed by atoms with Gasteiger partial charge >= 0.3 is 0 Å².